The molecule has 0 spiro atoms. The zero-order valence-electron chi connectivity index (χ0n) is 14.8. The summed E-state index contributed by atoms with van der Waals surface area (Å²) in [5.41, 5.74) is 6.81. The molecule has 27 heavy (non-hydrogen) atoms. The summed E-state index contributed by atoms with van der Waals surface area (Å²) in [4.78, 5) is 0. The number of aromatic nitrogens is 1. The third kappa shape index (κ3) is 2.80. The zero-order chi connectivity index (χ0) is 18.1. The molecule has 2 nitrogen and oxygen atoms in total. The first-order valence-corrected chi connectivity index (χ1v) is 9.09. The predicted octanol–water partition coefficient (Wildman–Crippen LogP) is 5.39. The van der Waals surface area contributed by atoms with Gasteiger partial charge < -0.3 is 9.88 Å². The second kappa shape index (κ2) is 6.55. The topological polar surface area (TPSA) is 17.0 Å². The van der Waals surface area contributed by atoms with Crippen LogP contribution >= 0.6 is 0 Å². The highest BCUT2D eigenvalue weighted by atomic mass is 15.1. The van der Waals surface area contributed by atoms with E-state index in [-0.39, 0.29) is 6.04 Å². The van der Waals surface area contributed by atoms with E-state index in [1.165, 1.54) is 16.9 Å². The molecule has 0 bridgehead atoms. The summed E-state index contributed by atoms with van der Waals surface area (Å²) in [6.07, 6.45) is 2.13. The SMILES string of the molecule is C(#Cc1ccccc1C1Nc2ccccc2-n2cccc21)c1ccccc1. The third-order valence-electron chi connectivity index (χ3n) is 4.93. The van der Waals surface area contributed by atoms with Crippen LogP contribution < -0.4 is 5.32 Å². The van der Waals surface area contributed by atoms with Gasteiger partial charge in [-0.15, -0.1) is 0 Å². The molecule has 0 aliphatic carbocycles. The number of fused-ring (bicyclic) bond motifs is 3. The molecule has 2 heteroatoms. The Balaban J connectivity index is 1.60. The zero-order valence-corrected chi connectivity index (χ0v) is 14.8. The Morgan fingerprint density at radius 1 is 0.704 bits per heavy atom. The van der Waals surface area contributed by atoms with Crippen LogP contribution in [-0.4, -0.2) is 4.57 Å². The minimum atomic E-state index is 0.0659. The van der Waals surface area contributed by atoms with E-state index < -0.39 is 0 Å². The molecule has 1 unspecified atom stereocenters. The maximum Gasteiger partial charge on any atom is 0.0936 e. The lowest BCUT2D eigenvalue weighted by Crippen LogP contribution is -2.22. The minimum absolute atomic E-state index is 0.0659. The largest absolute Gasteiger partial charge is 0.371 e. The first-order chi connectivity index (χ1) is 13.4. The number of rotatable bonds is 1. The van der Waals surface area contributed by atoms with Crippen molar-refractivity contribution in [3.63, 3.8) is 0 Å². The fourth-order valence-electron chi connectivity index (χ4n) is 3.64. The first kappa shape index (κ1) is 15.5. The quantitative estimate of drug-likeness (QED) is 0.457. The molecule has 3 aromatic carbocycles. The monoisotopic (exact) mass is 346 g/mol. The van der Waals surface area contributed by atoms with Crippen molar-refractivity contribution >= 4 is 5.69 Å². The molecule has 1 aliphatic rings. The van der Waals surface area contributed by atoms with Crippen molar-refractivity contribution in [3.05, 3.63) is 120 Å². The van der Waals surface area contributed by atoms with Gasteiger partial charge >= 0.3 is 0 Å². The molecule has 1 N–H and O–H groups in total. The summed E-state index contributed by atoms with van der Waals surface area (Å²) in [5, 5.41) is 3.71. The van der Waals surface area contributed by atoms with Gasteiger partial charge in [0, 0.05) is 23.0 Å². The summed E-state index contributed by atoms with van der Waals surface area (Å²) in [5.74, 6) is 6.67. The van der Waals surface area contributed by atoms with Crippen LogP contribution in [0.1, 0.15) is 28.4 Å². The molecular weight excluding hydrogens is 328 g/mol. The van der Waals surface area contributed by atoms with Crippen molar-refractivity contribution in [3.8, 4) is 17.5 Å². The molecule has 0 saturated heterocycles. The van der Waals surface area contributed by atoms with E-state index in [1.54, 1.807) is 0 Å². The summed E-state index contributed by atoms with van der Waals surface area (Å²) in [6.45, 7) is 0. The van der Waals surface area contributed by atoms with Crippen molar-refractivity contribution in [2.45, 2.75) is 6.04 Å². The number of benzene rings is 3. The van der Waals surface area contributed by atoms with Crippen molar-refractivity contribution < 1.29 is 0 Å². The van der Waals surface area contributed by atoms with E-state index in [0.717, 1.165) is 16.8 Å². The van der Waals surface area contributed by atoms with Crippen molar-refractivity contribution in [2.75, 3.05) is 5.32 Å². The summed E-state index contributed by atoms with van der Waals surface area (Å²) < 4.78 is 2.26. The smallest absolute Gasteiger partial charge is 0.0936 e. The van der Waals surface area contributed by atoms with Gasteiger partial charge in [-0.2, -0.15) is 0 Å². The van der Waals surface area contributed by atoms with E-state index in [4.69, 9.17) is 0 Å². The fourth-order valence-corrected chi connectivity index (χ4v) is 3.64. The van der Waals surface area contributed by atoms with E-state index in [9.17, 15) is 0 Å². The van der Waals surface area contributed by atoms with Crippen LogP contribution in [0.3, 0.4) is 0 Å². The molecule has 1 aromatic heterocycles. The van der Waals surface area contributed by atoms with Gasteiger partial charge in [0.25, 0.3) is 0 Å². The Morgan fingerprint density at radius 3 is 2.41 bits per heavy atom. The number of hydrogen-bond acceptors (Lipinski definition) is 1. The number of para-hydroxylation sites is 2. The molecule has 0 fully saturated rings. The van der Waals surface area contributed by atoms with Gasteiger partial charge in [0.05, 0.1) is 17.4 Å². The van der Waals surface area contributed by atoms with Gasteiger partial charge in [0.1, 0.15) is 0 Å². The summed E-state index contributed by atoms with van der Waals surface area (Å²) in [7, 11) is 0. The standard InChI is InChI=1S/C25H18N2/c1-2-9-19(10-3-1)16-17-20-11-4-5-12-21(20)25-24-15-8-18-27(24)23-14-7-6-13-22(23)26-25/h1-15,18,25-26H. The lowest BCUT2D eigenvalue weighted by molar-refractivity contribution is 0.808. The highest BCUT2D eigenvalue weighted by molar-refractivity contribution is 5.67. The third-order valence-corrected chi connectivity index (χ3v) is 4.93. The van der Waals surface area contributed by atoms with Gasteiger partial charge in [0.15, 0.2) is 0 Å². The molecule has 0 amide bonds. The molecule has 5 rings (SSSR count). The average Bonchev–Trinajstić information content (AvgIpc) is 3.23. The highest BCUT2D eigenvalue weighted by Crippen LogP contribution is 2.37. The average molecular weight is 346 g/mol. The Kier molecular flexibility index (Phi) is 3.77. The van der Waals surface area contributed by atoms with Crippen molar-refractivity contribution in [2.24, 2.45) is 0 Å². The highest BCUT2D eigenvalue weighted by Gasteiger charge is 2.25. The van der Waals surface area contributed by atoms with Crippen molar-refractivity contribution in [1.29, 1.82) is 0 Å². The predicted molar refractivity (Wildman–Crippen MR) is 110 cm³/mol. The first-order valence-electron chi connectivity index (χ1n) is 9.09. The minimum Gasteiger partial charge on any atom is -0.371 e. The second-order valence-corrected chi connectivity index (χ2v) is 6.60. The number of nitrogens with one attached hydrogen (secondary N) is 1. The van der Waals surface area contributed by atoms with Gasteiger partial charge in [-0.25, -0.2) is 0 Å². The van der Waals surface area contributed by atoms with E-state index in [1.807, 2.05) is 36.4 Å². The molecule has 4 aromatic rings. The Morgan fingerprint density at radius 2 is 1.48 bits per heavy atom. The summed E-state index contributed by atoms with van der Waals surface area (Å²) in [6, 6.07) is 31.3. The molecule has 1 aliphatic heterocycles. The molecule has 128 valence electrons. The van der Waals surface area contributed by atoms with Crippen LogP contribution in [0.2, 0.25) is 0 Å². The molecule has 2 heterocycles. The normalized spacial score (nSPS) is 14.3. The fraction of sp³-hybridized carbons (Fsp3) is 0.0400. The Bertz CT molecular complexity index is 1160. The molecular formula is C25H18N2. The van der Waals surface area contributed by atoms with E-state index in [0.29, 0.717) is 0 Å². The van der Waals surface area contributed by atoms with Crippen LogP contribution in [0.25, 0.3) is 5.69 Å². The van der Waals surface area contributed by atoms with Gasteiger partial charge in [-0.05, 0) is 48.0 Å². The lowest BCUT2D eigenvalue weighted by Gasteiger charge is -2.30. The van der Waals surface area contributed by atoms with Crippen LogP contribution in [0.15, 0.2) is 97.2 Å². The van der Waals surface area contributed by atoms with E-state index in [2.05, 4.69) is 82.5 Å². The maximum absolute atomic E-state index is 3.71. The number of nitrogens with zero attached hydrogens (tertiary/aromatic N) is 1. The van der Waals surface area contributed by atoms with Crippen LogP contribution in [0.4, 0.5) is 5.69 Å². The Labute approximate surface area is 159 Å². The van der Waals surface area contributed by atoms with Gasteiger partial charge in [-0.1, -0.05) is 60.4 Å². The Hall–Kier alpha value is -3.70. The summed E-state index contributed by atoms with van der Waals surface area (Å²) >= 11 is 0. The van der Waals surface area contributed by atoms with Crippen molar-refractivity contribution in [1.82, 2.24) is 4.57 Å². The maximum atomic E-state index is 3.71. The molecule has 0 saturated carbocycles. The lowest BCUT2D eigenvalue weighted by atomic mass is 9.95. The van der Waals surface area contributed by atoms with E-state index >= 15 is 0 Å². The number of anilines is 1. The van der Waals surface area contributed by atoms with Crippen LogP contribution in [-0.2, 0) is 0 Å². The molecule has 0 radical (unpaired) electrons. The molecule has 1 atom stereocenters. The second-order valence-electron chi connectivity index (χ2n) is 6.60. The van der Waals surface area contributed by atoms with Gasteiger partial charge in [-0.3, -0.25) is 0 Å². The van der Waals surface area contributed by atoms with Gasteiger partial charge in [0.2, 0.25) is 0 Å². The van der Waals surface area contributed by atoms with Crippen LogP contribution in [0.5, 0.6) is 0 Å². The number of hydrogen-bond donors (Lipinski definition) is 1. The van der Waals surface area contributed by atoms with Crippen LogP contribution in [0, 0.1) is 11.8 Å².